The first kappa shape index (κ1) is 20.7. The summed E-state index contributed by atoms with van der Waals surface area (Å²) in [6, 6.07) is 7.10. The molecule has 1 heterocycles. The molecular weight excluding hydrogens is 340 g/mol. The summed E-state index contributed by atoms with van der Waals surface area (Å²) in [4.78, 5) is 13.5. The number of benzene rings is 1. The molecule has 6 nitrogen and oxygen atoms in total. The Morgan fingerprint density at radius 3 is 2.26 bits per heavy atom. The van der Waals surface area contributed by atoms with E-state index in [1.54, 1.807) is 12.1 Å². The van der Waals surface area contributed by atoms with Gasteiger partial charge in [0.25, 0.3) is 0 Å². The molecule has 2 atom stereocenters. The average Bonchev–Trinajstić information content (AvgIpc) is 2.65. The second-order valence-corrected chi connectivity index (χ2v) is 6.88. The molecule has 1 aromatic carbocycles. The number of nitrogens with two attached hydrogens (primary N) is 2. The fraction of sp³-hybridized carbons (Fsp3) is 0.381. The van der Waals surface area contributed by atoms with Gasteiger partial charge in [0.15, 0.2) is 5.78 Å². The standard InChI is InChI=1S/C21H30N4O2/c1-13(2)25(15(4)19-12-24-10-11-27-19)21(14(3)22)20(23)18-8-6-17(7-9-18)16(5)26/h6-9,15,19,24H,1,3,10-12,22-23H2,2,4-5H3/b21-20-. The van der Waals surface area contributed by atoms with E-state index in [2.05, 4.69) is 25.4 Å². The summed E-state index contributed by atoms with van der Waals surface area (Å²) in [5.41, 5.74) is 16.3. The lowest BCUT2D eigenvalue weighted by atomic mass is 10.0. The van der Waals surface area contributed by atoms with Gasteiger partial charge >= 0.3 is 0 Å². The van der Waals surface area contributed by atoms with Gasteiger partial charge in [-0.3, -0.25) is 4.79 Å². The summed E-state index contributed by atoms with van der Waals surface area (Å²) >= 11 is 0. The van der Waals surface area contributed by atoms with Crippen molar-refractivity contribution in [2.24, 2.45) is 11.5 Å². The molecule has 2 unspecified atom stereocenters. The van der Waals surface area contributed by atoms with Gasteiger partial charge in [-0.25, -0.2) is 0 Å². The largest absolute Gasteiger partial charge is 0.397 e. The van der Waals surface area contributed by atoms with E-state index < -0.39 is 0 Å². The van der Waals surface area contributed by atoms with Crippen LogP contribution < -0.4 is 16.8 Å². The molecule has 1 fully saturated rings. The number of morpholine rings is 1. The second-order valence-electron chi connectivity index (χ2n) is 6.88. The first-order valence-electron chi connectivity index (χ1n) is 9.07. The van der Waals surface area contributed by atoms with E-state index >= 15 is 0 Å². The molecule has 27 heavy (non-hydrogen) atoms. The molecule has 0 radical (unpaired) electrons. The van der Waals surface area contributed by atoms with Crippen molar-refractivity contribution in [1.29, 1.82) is 0 Å². The van der Waals surface area contributed by atoms with Crippen molar-refractivity contribution in [2.75, 3.05) is 19.7 Å². The zero-order valence-electron chi connectivity index (χ0n) is 16.4. The van der Waals surface area contributed by atoms with Crippen LogP contribution in [0.5, 0.6) is 0 Å². The molecule has 2 rings (SSSR count). The van der Waals surface area contributed by atoms with Crippen molar-refractivity contribution >= 4 is 11.5 Å². The normalized spacial score (nSPS) is 19.0. The summed E-state index contributed by atoms with van der Waals surface area (Å²) in [6.45, 7) is 15.8. The predicted molar refractivity (Wildman–Crippen MR) is 110 cm³/mol. The minimum absolute atomic E-state index is 0.00620. The van der Waals surface area contributed by atoms with E-state index in [1.165, 1.54) is 6.92 Å². The van der Waals surface area contributed by atoms with E-state index in [0.29, 0.717) is 29.3 Å². The number of carbonyl (C=O) groups is 1. The van der Waals surface area contributed by atoms with Gasteiger partial charge in [0.1, 0.15) is 0 Å². The monoisotopic (exact) mass is 370 g/mol. The summed E-state index contributed by atoms with van der Waals surface area (Å²) in [7, 11) is 0. The number of Topliss-reactive ketones (excluding diaryl/α,β-unsaturated/α-hetero) is 1. The van der Waals surface area contributed by atoms with Crippen LogP contribution in [-0.4, -0.2) is 42.5 Å². The van der Waals surface area contributed by atoms with Gasteiger partial charge in [-0.1, -0.05) is 37.4 Å². The molecular formula is C21H30N4O2. The van der Waals surface area contributed by atoms with Crippen LogP contribution in [0.25, 0.3) is 5.70 Å². The maximum atomic E-state index is 11.5. The zero-order chi connectivity index (χ0) is 20.1. The molecule has 146 valence electrons. The SMILES string of the molecule is C=C(N)/C(=C(/N)c1ccc(C(C)=O)cc1)N(C(=C)C)C(C)C1CNCCO1. The lowest BCUT2D eigenvalue weighted by Gasteiger charge is -2.40. The lowest BCUT2D eigenvalue weighted by Crippen LogP contribution is -2.50. The minimum Gasteiger partial charge on any atom is -0.397 e. The Morgan fingerprint density at radius 1 is 1.22 bits per heavy atom. The zero-order valence-corrected chi connectivity index (χ0v) is 16.4. The van der Waals surface area contributed by atoms with Crippen LogP contribution in [0.2, 0.25) is 0 Å². The highest BCUT2D eigenvalue weighted by Crippen LogP contribution is 2.28. The molecule has 0 spiro atoms. The van der Waals surface area contributed by atoms with Crippen molar-refractivity contribution in [2.45, 2.75) is 32.9 Å². The highest BCUT2D eigenvalue weighted by atomic mass is 16.5. The first-order chi connectivity index (χ1) is 12.7. The van der Waals surface area contributed by atoms with Crippen LogP contribution in [-0.2, 0) is 4.74 Å². The molecule has 0 amide bonds. The van der Waals surface area contributed by atoms with E-state index in [-0.39, 0.29) is 17.9 Å². The molecule has 0 bridgehead atoms. The van der Waals surface area contributed by atoms with Crippen LogP contribution in [0.3, 0.4) is 0 Å². The van der Waals surface area contributed by atoms with Crippen LogP contribution >= 0.6 is 0 Å². The maximum Gasteiger partial charge on any atom is 0.159 e. The van der Waals surface area contributed by atoms with Crippen LogP contribution in [0.4, 0.5) is 0 Å². The molecule has 0 aromatic heterocycles. The fourth-order valence-corrected chi connectivity index (χ4v) is 3.28. The van der Waals surface area contributed by atoms with Gasteiger partial charge in [0.2, 0.25) is 0 Å². The molecule has 5 N–H and O–H groups in total. The molecule has 1 aliphatic rings. The highest BCUT2D eigenvalue weighted by Gasteiger charge is 2.30. The molecule has 1 aliphatic heterocycles. The summed E-state index contributed by atoms with van der Waals surface area (Å²) < 4.78 is 5.91. The van der Waals surface area contributed by atoms with Gasteiger partial charge < -0.3 is 26.4 Å². The van der Waals surface area contributed by atoms with Gasteiger partial charge in [0, 0.05) is 24.4 Å². The second kappa shape index (κ2) is 8.88. The van der Waals surface area contributed by atoms with Crippen molar-refractivity contribution in [3.63, 3.8) is 0 Å². The highest BCUT2D eigenvalue weighted by molar-refractivity contribution is 5.94. The Labute approximate surface area is 161 Å². The van der Waals surface area contributed by atoms with E-state index in [1.807, 2.05) is 24.0 Å². The molecule has 0 saturated carbocycles. The number of ether oxygens (including phenoxy) is 1. The lowest BCUT2D eigenvalue weighted by molar-refractivity contribution is -0.0109. The summed E-state index contributed by atoms with van der Waals surface area (Å²) in [5.74, 6) is 0.00620. The maximum absolute atomic E-state index is 11.5. The molecule has 1 saturated heterocycles. The number of rotatable bonds is 7. The smallest absolute Gasteiger partial charge is 0.159 e. The van der Waals surface area contributed by atoms with Crippen molar-refractivity contribution in [1.82, 2.24) is 10.2 Å². The number of carbonyl (C=O) groups excluding carboxylic acids is 1. The quantitative estimate of drug-likeness (QED) is 0.503. The fourth-order valence-electron chi connectivity index (χ4n) is 3.28. The topological polar surface area (TPSA) is 93.6 Å². The first-order valence-corrected chi connectivity index (χ1v) is 9.07. The molecule has 6 heteroatoms. The van der Waals surface area contributed by atoms with Crippen molar-refractivity contribution < 1.29 is 9.53 Å². The Kier molecular flexibility index (Phi) is 6.82. The number of hydrogen-bond acceptors (Lipinski definition) is 6. The number of nitrogens with one attached hydrogen (secondary N) is 1. The summed E-state index contributed by atoms with van der Waals surface area (Å²) in [5, 5.41) is 3.34. The van der Waals surface area contributed by atoms with E-state index in [0.717, 1.165) is 24.4 Å². The molecule has 0 aliphatic carbocycles. The third-order valence-electron chi connectivity index (χ3n) is 4.72. The van der Waals surface area contributed by atoms with Crippen LogP contribution in [0.1, 0.15) is 36.7 Å². The number of ketones is 1. The van der Waals surface area contributed by atoms with Gasteiger partial charge in [-0.05, 0) is 26.3 Å². The Hall–Kier alpha value is -2.57. The Balaban J connectivity index is 2.46. The Morgan fingerprint density at radius 2 is 1.81 bits per heavy atom. The van der Waals surface area contributed by atoms with Gasteiger partial charge in [-0.15, -0.1) is 0 Å². The van der Waals surface area contributed by atoms with E-state index in [4.69, 9.17) is 16.2 Å². The van der Waals surface area contributed by atoms with Crippen molar-refractivity contribution in [3.8, 4) is 0 Å². The number of nitrogens with zero attached hydrogens (tertiary/aromatic N) is 1. The third-order valence-corrected chi connectivity index (χ3v) is 4.72. The number of hydrogen-bond donors (Lipinski definition) is 3. The average molecular weight is 370 g/mol. The van der Waals surface area contributed by atoms with Crippen LogP contribution in [0, 0.1) is 0 Å². The minimum atomic E-state index is -0.0411. The van der Waals surface area contributed by atoms with E-state index in [9.17, 15) is 4.79 Å². The predicted octanol–water partition coefficient (Wildman–Crippen LogP) is 2.20. The van der Waals surface area contributed by atoms with Crippen LogP contribution in [0.15, 0.2) is 54.5 Å². The van der Waals surface area contributed by atoms with Gasteiger partial charge in [0.05, 0.1) is 35.8 Å². The van der Waals surface area contributed by atoms with Crippen molar-refractivity contribution in [3.05, 3.63) is 65.6 Å². The summed E-state index contributed by atoms with van der Waals surface area (Å²) in [6.07, 6.45) is -0.0299. The number of allylic oxidation sites excluding steroid dienone is 1. The third kappa shape index (κ3) is 4.78. The molecule has 1 aromatic rings. The Bertz CT molecular complexity index is 746. The van der Waals surface area contributed by atoms with Gasteiger partial charge in [-0.2, -0.15) is 0 Å².